The predicted octanol–water partition coefficient (Wildman–Crippen LogP) is 3.56. The van der Waals surface area contributed by atoms with Crippen LogP contribution in [0.1, 0.15) is 48.1 Å². The Hall–Kier alpha value is -4.44. The minimum absolute atomic E-state index is 0.00548. The number of ether oxygens (including phenoxy) is 2. The number of benzene rings is 2. The lowest BCUT2D eigenvalue weighted by atomic mass is 9.70. The first-order valence-electron chi connectivity index (χ1n) is 12.2. The maximum atomic E-state index is 14.0. The molecule has 1 aliphatic carbocycles. The van der Waals surface area contributed by atoms with E-state index in [0.717, 1.165) is 23.4 Å². The van der Waals surface area contributed by atoms with Gasteiger partial charge in [-0.15, -0.1) is 0 Å². The van der Waals surface area contributed by atoms with E-state index in [0.29, 0.717) is 24.6 Å². The number of imidazole rings is 1. The van der Waals surface area contributed by atoms with Gasteiger partial charge in [0.15, 0.2) is 17.3 Å². The molecule has 10 nitrogen and oxygen atoms in total. The van der Waals surface area contributed by atoms with Crippen molar-refractivity contribution in [3.05, 3.63) is 63.8 Å². The summed E-state index contributed by atoms with van der Waals surface area (Å²) in [6.07, 6.45) is 1.20. The Kier molecular flexibility index (Phi) is 5.06. The zero-order chi connectivity index (χ0) is 27.1. The summed E-state index contributed by atoms with van der Waals surface area (Å²) in [7, 11) is 0. The summed E-state index contributed by atoms with van der Waals surface area (Å²) in [5, 5.41) is 24.6. The zero-order valence-corrected chi connectivity index (χ0v) is 21.3. The number of fused-ring (bicyclic) bond motifs is 6. The molecule has 0 bridgehead atoms. The highest BCUT2D eigenvalue weighted by molar-refractivity contribution is 6.31. The number of aromatic nitrogens is 2. The Balaban J connectivity index is 1.44. The lowest BCUT2D eigenvalue weighted by Crippen LogP contribution is -2.40. The summed E-state index contributed by atoms with van der Waals surface area (Å²) < 4.78 is 13.4. The summed E-state index contributed by atoms with van der Waals surface area (Å²) in [5.74, 6) is -1.72. The second-order valence-electron chi connectivity index (χ2n) is 9.95. The maximum Gasteiger partial charge on any atom is 0.194 e. The van der Waals surface area contributed by atoms with E-state index < -0.39 is 28.5 Å². The number of ketones is 3. The van der Waals surface area contributed by atoms with Crippen molar-refractivity contribution in [1.82, 2.24) is 9.55 Å². The number of hydrogen-bond donors (Lipinski definition) is 3. The van der Waals surface area contributed by atoms with Crippen LogP contribution in [0.4, 0.5) is 5.69 Å². The fourth-order valence-electron chi connectivity index (χ4n) is 5.58. The van der Waals surface area contributed by atoms with Gasteiger partial charge in [-0.1, -0.05) is 0 Å². The van der Waals surface area contributed by atoms with E-state index in [1.165, 1.54) is 26.8 Å². The van der Waals surface area contributed by atoms with Gasteiger partial charge in [-0.05, 0) is 45.9 Å². The van der Waals surface area contributed by atoms with Gasteiger partial charge in [-0.25, -0.2) is 4.98 Å². The number of rotatable bonds is 3. The fraction of sp³-hybridized carbons (Fsp3) is 0.286. The molecule has 3 aromatic rings. The Morgan fingerprint density at radius 1 is 1.18 bits per heavy atom. The standard InChI is InChI=1S/C28H25N3O7/c1-12-24(34)22(14(3)32)26-23(25(12)35)28(4)19(38-26)10-18(33)21(27(28)36)13(2)29-15-5-6-17-16(9-15)30-20-11-37-8-7-31(17)20/h5-6,9-10,29,34-35H,7-8,11H2,1-4H3. The summed E-state index contributed by atoms with van der Waals surface area (Å²) in [6.45, 7) is 7.64. The molecule has 0 spiro atoms. The van der Waals surface area contributed by atoms with Crippen LogP contribution in [-0.4, -0.2) is 43.7 Å². The van der Waals surface area contributed by atoms with Crippen LogP contribution < -0.4 is 10.1 Å². The molecule has 1 unspecified atom stereocenters. The van der Waals surface area contributed by atoms with Gasteiger partial charge in [-0.2, -0.15) is 0 Å². The molecule has 3 N–H and O–H groups in total. The second kappa shape index (κ2) is 8.03. The van der Waals surface area contributed by atoms with Crippen LogP contribution in [-0.2, 0) is 32.9 Å². The van der Waals surface area contributed by atoms with E-state index in [-0.39, 0.29) is 39.5 Å². The van der Waals surface area contributed by atoms with Crippen molar-refractivity contribution in [3.63, 3.8) is 0 Å². The van der Waals surface area contributed by atoms with E-state index in [1.807, 2.05) is 18.2 Å². The van der Waals surface area contributed by atoms with Crippen molar-refractivity contribution >= 4 is 34.1 Å². The highest BCUT2D eigenvalue weighted by atomic mass is 16.5. The van der Waals surface area contributed by atoms with Crippen LogP contribution in [0.25, 0.3) is 11.0 Å². The predicted molar refractivity (Wildman–Crippen MR) is 136 cm³/mol. The van der Waals surface area contributed by atoms with Crippen molar-refractivity contribution in [3.8, 4) is 17.2 Å². The number of nitrogens with one attached hydrogen (secondary N) is 1. The van der Waals surface area contributed by atoms with Gasteiger partial charge in [0.2, 0.25) is 0 Å². The number of allylic oxidation sites excluding steroid dienone is 4. The minimum atomic E-state index is -1.57. The molecule has 2 aromatic carbocycles. The maximum absolute atomic E-state index is 14.0. The Labute approximate surface area is 217 Å². The van der Waals surface area contributed by atoms with Crippen LogP contribution >= 0.6 is 0 Å². The number of aromatic hydroxyl groups is 2. The zero-order valence-electron chi connectivity index (χ0n) is 21.3. The molecule has 0 fully saturated rings. The molecule has 1 aromatic heterocycles. The number of Topliss-reactive ketones (excluding diaryl/α,β-unsaturated/α-hetero) is 2. The normalized spacial score (nSPS) is 21.4. The number of phenols is 2. The number of anilines is 1. The molecule has 0 saturated carbocycles. The Morgan fingerprint density at radius 2 is 1.95 bits per heavy atom. The molecule has 1 atom stereocenters. The number of carbonyl (C=O) groups is 3. The summed E-state index contributed by atoms with van der Waals surface area (Å²) in [5.41, 5.74) is 0.988. The molecule has 0 radical (unpaired) electrons. The van der Waals surface area contributed by atoms with Crippen LogP contribution in [0.2, 0.25) is 0 Å². The molecular formula is C28H25N3O7. The highest BCUT2D eigenvalue weighted by Gasteiger charge is 2.56. The van der Waals surface area contributed by atoms with Crippen LogP contribution in [0.3, 0.4) is 0 Å². The first-order valence-corrected chi connectivity index (χ1v) is 12.2. The molecule has 194 valence electrons. The molecule has 38 heavy (non-hydrogen) atoms. The van der Waals surface area contributed by atoms with Crippen LogP contribution in [0, 0.1) is 6.92 Å². The van der Waals surface area contributed by atoms with Gasteiger partial charge in [0, 0.05) is 29.6 Å². The highest BCUT2D eigenvalue weighted by Crippen LogP contribution is 2.57. The van der Waals surface area contributed by atoms with Gasteiger partial charge in [0.05, 0.1) is 28.8 Å². The lowest BCUT2D eigenvalue weighted by molar-refractivity contribution is -0.123. The average molecular weight is 516 g/mol. The average Bonchev–Trinajstić information content (AvgIpc) is 3.37. The quantitative estimate of drug-likeness (QED) is 0.271. The van der Waals surface area contributed by atoms with Crippen molar-refractivity contribution in [2.75, 3.05) is 11.9 Å². The molecule has 0 amide bonds. The van der Waals surface area contributed by atoms with Gasteiger partial charge < -0.3 is 29.6 Å². The summed E-state index contributed by atoms with van der Waals surface area (Å²) in [4.78, 5) is 44.1. The fourth-order valence-corrected chi connectivity index (χ4v) is 5.58. The van der Waals surface area contributed by atoms with Gasteiger partial charge in [0.1, 0.15) is 46.4 Å². The topological polar surface area (TPSA) is 140 Å². The number of carbonyl (C=O) groups excluding carboxylic acids is 3. The molecule has 6 rings (SSSR count). The minimum Gasteiger partial charge on any atom is -0.507 e. The SMILES string of the molecule is CC(=O)c1c(O)c(C)c(O)c2c1OC1=CC(=O)C(=C(C)Nc3ccc4c(c3)nc3n4CCOC3)C(=O)C12C. The molecule has 3 aliphatic rings. The van der Waals surface area contributed by atoms with Crippen molar-refractivity contribution in [2.24, 2.45) is 0 Å². The Bertz CT molecular complexity index is 1690. The molecule has 0 saturated heterocycles. The van der Waals surface area contributed by atoms with Crippen LogP contribution in [0.15, 0.2) is 41.3 Å². The lowest BCUT2D eigenvalue weighted by Gasteiger charge is -2.29. The van der Waals surface area contributed by atoms with Crippen molar-refractivity contribution in [1.29, 1.82) is 0 Å². The van der Waals surface area contributed by atoms with E-state index in [1.54, 1.807) is 6.92 Å². The second-order valence-corrected chi connectivity index (χ2v) is 9.95. The van der Waals surface area contributed by atoms with Crippen molar-refractivity contribution in [2.45, 2.75) is 46.3 Å². The van der Waals surface area contributed by atoms with Gasteiger partial charge >= 0.3 is 0 Å². The third-order valence-corrected chi connectivity index (χ3v) is 7.61. The summed E-state index contributed by atoms with van der Waals surface area (Å²) >= 11 is 0. The largest absolute Gasteiger partial charge is 0.507 e. The first kappa shape index (κ1) is 23.9. The number of hydrogen-bond acceptors (Lipinski definition) is 9. The van der Waals surface area contributed by atoms with Crippen LogP contribution in [0.5, 0.6) is 17.2 Å². The molecular weight excluding hydrogens is 490 g/mol. The van der Waals surface area contributed by atoms with Crippen molar-refractivity contribution < 1.29 is 34.1 Å². The van der Waals surface area contributed by atoms with Gasteiger partial charge in [0.25, 0.3) is 0 Å². The smallest absolute Gasteiger partial charge is 0.194 e. The number of nitrogens with zero attached hydrogens (tertiary/aromatic N) is 2. The molecule has 10 heteroatoms. The summed E-state index contributed by atoms with van der Waals surface area (Å²) in [6, 6.07) is 5.62. The third kappa shape index (κ3) is 3.10. The van der Waals surface area contributed by atoms with E-state index in [2.05, 4.69) is 14.9 Å². The first-order chi connectivity index (χ1) is 18.0. The van der Waals surface area contributed by atoms with Gasteiger partial charge in [-0.3, -0.25) is 14.4 Å². The number of phenolic OH excluding ortho intramolecular Hbond substituents is 2. The van der Waals surface area contributed by atoms with E-state index >= 15 is 0 Å². The van der Waals surface area contributed by atoms with E-state index in [4.69, 9.17) is 9.47 Å². The Morgan fingerprint density at radius 3 is 2.68 bits per heavy atom. The molecule has 3 heterocycles. The van der Waals surface area contributed by atoms with E-state index in [9.17, 15) is 24.6 Å². The third-order valence-electron chi connectivity index (χ3n) is 7.61. The molecule has 2 aliphatic heterocycles. The monoisotopic (exact) mass is 515 g/mol.